The average Bonchev–Trinajstić information content (AvgIpc) is 2.98. The summed E-state index contributed by atoms with van der Waals surface area (Å²) in [5, 5.41) is 6.61. The number of amides is 1. The van der Waals surface area contributed by atoms with Gasteiger partial charge in [0, 0.05) is 25.4 Å². The van der Waals surface area contributed by atoms with Gasteiger partial charge in [0.05, 0.1) is 16.6 Å². The molecule has 0 aliphatic heterocycles. The lowest BCUT2D eigenvalue weighted by molar-refractivity contribution is -0.137. The van der Waals surface area contributed by atoms with Gasteiger partial charge in [-0.3, -0.25) is 9.89 Å². The highest BCUT2D eigenvalue weighted by atomic mass is 32.1. The van der Waals surface area contributed by atoms with E-state index in [1.165, 1.54) is 0 Å². The fraction of sp³-hybridized carbons (Fsp3) is 0.583. The number of hydrogen-bond acceptors (Lipinski definition) is 3. The van der Waals surface area contributed by atoms with Crippen molar-refractivity contribution in [3.63, 3.8) is 0 Å². The third-order valence-corrected chi connectivity index (χ3v) is 4.05. The molecule has 1 saturated carbocycles. The van der Waals surface area contributed by atoms with Gasteiger partial charge >= 0.3 is 0 Å². The molecule has 0 bridgehead atoms. The van der Waals surface area contributed by atoms with Crippen LogP contribution in [0.4, 0.5) is 0 Å². The Labute approximate surface area is 112 Å². The van der Waals surface area contributed by atoms with E-state index in [0.29, 0.717) is 11.5 Å². The van der Waals surface area contributed by atoms with Crippen LogP contribution in [-0.4, -0.2) is 33.0 Å². The molecule has 1 heterocycles. The van der Waals surface area contributed by atoms with Crippen LogP contribution in [0.15, 0.2) is 12.4 Å². The van der Waals surface area contributed by atoms with Crippen molar-refractivity contribution in [2.45, 2.75) is 32.2 Å². The summed E-state index contributed by atoms with van der Waals surface area (Å²) < 4.78 is 0. The first-order valence-electron chi connectivity index (χ1n) is 6.09. The van der Waals surface area contributed by atoms with E-state index in [1.807, 2.05) is 0 Å². The van der Waals surface area contributed by atoms with Gasteiger partial charge in [-0.1, -0.05) is 25.1 Å². The van der Waals surface area contributed by atoms with Gasteiger partial charge in [-0.05, 0) is 12.8 Å². The largest absolute Gasteiger partial charge is 0.392 e. The van der Waals surface area contributed by atoms with Gasteiger partial charge in [0.2, 0.25) is 5.91 Å². The minimum atomic E-state index is -0.617. The number of thiocarbonyl (C=S) groups is 1. The summed E-state index contributed by atoms with van der Waals surface area (Å²) in [6, 6.07) is 0. The number of H-pyrrole nitrogens is 1. The topological polar surface area (TPSA) is 75.0 Å². The zero-order valence-electron chi connectivity index (χ0n) is 10.5. The van der Waals surface area contributed by atoms with Crippen LogP contribution in [0.3, 0.4) is 0 Å². The van der Waals surface area contributed by atoms with Crippen molar-refractivity contribution in [2.24, 2.45) is 11.1 Å². The van der Waals surface area contributed by atoms with E-state index in [4.69, 9.17) is 18.0 Å². The number of nitrogens with one attached hydrogen (secondary N) is 1. The van der Waals surface area contributed by atoms with Crippen LogP contribution in [0.2, 0.25) is 0 Å². The van der Waals surface area contributed by atoms with Crippen molar-refractivity contribution < 1.29 is 4.79 Å². The Hall–Kier alpha value is -1.43. The van der Waals surface area contributed by atoms with Crippen LogP contribution in [0.25, 0.3) is 0 Å². The van der Waals surface area contributed by atoms with Crippen molar-refractivity contribution in [2.75, 3.05) is 7.05 Å². The van der Waals surface area contributed by atoms with Crippen molar-refractivity contribution >= 4 is 23.1 Å². The average molecular weight is 266 g/mol. The number of hydrogen-bond donors (Lipinski definition) is 2. The summed E-state index contributed by atoms with van der Waals surface area (Å²) in [6.45, 7) is 0.527. The van der Waals surface area contributed by atoms with Gasteiger partial charge in [0.1, 0.15) is 0 Å². The van der Waals surface area contributed by atoms with Crippen LogP contribution in [0, 0.1) is 5.41 Å². The van der Waals surface area contributed by atoms with Crippen molar-refractivity contribution in [1.82, 2.24) is 15.1 Å². The second-order valence-corrected chi connectivity index (χ2v) is 5.36. The third-order valence-electron chi connectivity index (χ3n) is 3.66. The molecule has 0 atom stereocenters. The summed E-state index contributed by atoms with van der Waals surface area (Å²) in [5.41, 5.74) is 6.17. The fourth-order valence-electron chi connectivity index (χ4n) is 2.62. The van der Waals surface area contributed by atoms with Gasteiger partial charge in [-0.25, -0.2) is 0 Å². The monoisotopic (exact) mass is 266 g/mol. The van der Waals surface area contributed by atoms with Gasteiger partial charge in [0.25, 0.3) is 0 Å². The van der Waals surface area contributed by atoms with E-state index < -0.39 is 5.41 Å². The maximum absolute atomic E-state index is 12.6. The van der Waals surface area contributed by atoms with Gasteiger partial charge in [0.15, 0.2) is 0 Å². The summed E-state index contributed by atoms with van der Waals surface area (Å²) in [5.74, 6) is 0.0358. The molecule has 2 rings (SSSR count). The van der Waals surface area contributed by atoms with Gasteiger partial charge in [-0.2, -0.15) is 5.10 Å². The molecule has 1 aliphatic rings. The number of carbonyl (C=O) groups is 1. The molecule has 98 valence electrons. The highest BCUT2D eigenvalue weighted by Crippen LogP contribution is 2.40. The quantitative estimate of drug-likeness (QED) is 0.803. The molecule has 1 aromatic heterocycles. The first-order valence-corrected chi connectivity index (χ1v) is 6.50. The van der Waals surface area contributed by atoms with Crippen LogP contribution in [0.1, 0.15) is 31.2 Å². The Morgan fingerprint density at radius 2 is 2.28 bits per heavy atom. The predicted octanol–water partition coefficient (Wildman–Crippen LogP) is 1.21. The van der Waals surface area contributed by atoms with E-state index in [0.717, 1.165) is 31.2 Å². The van der Waals surface area contributed by atoms with E-state index in [1.54, 1.807) is 24.3 Å². The van der Waals surface area contributed by atoms with Crippen molar-refractivity contribution in [3.8, 4) is 0 Å². The second-order valence-electron chi connectivity index (χ2n) is 4.92. The van der Waals surface area contributed by atoms with Crippen molar-refractivity contribution in [3.05, 3.63) is 18.0 Å². The number of aromatic amines is 1. The van der Waals surface area contributed by atoms with Crippen LogP contribution < -0.4 is 5.73 Å². The number of aromatic nitrogens is 2. The Balaban J connectivity index is 2.11. The van der Waals surface area contributed by atoms with Crippen LogP contribution in [0.5, 0.6) is 0 Å². The van der Waals surface area contributed by atoms with Crippen LogP contribution >= 0.6 is 12.2 Å². The summed E-state index contributed by atoms with van der Waals surface area (Å²) >= 11 is 5.12. The fourth-order valence-corrected chi connectivity index (χ4v) is 2.91. The molecule has 1 aliphatic carbocycles. The first kappa shape index (κ1) is 13.0. The molecule has 0 radical (unpaired) electrons. The Bertz CT molecular complexity index is 437. The number of nitrogens with zero attached hydrogens (tertiary/aromatic N) is 2. The molecule has 3 N–H and O–H groups in total. The molecule has 0 aromatic carbocycles. The number of carbonyl (C=O) groups excluding carboxylic acids is 1. The predicted molar refractivity (Wildman–Crippen MR) is 72.7 cm³/mol. The molecule has 1 aromatic rings. The van der Waals surface area contributed by atoms with Gasteiger partial charge in [-0.15, -0.1) is 0 Å². The van der Waals surface area contributed by atoms with Gasteiger partial charge < -0.3 is 10.6 Å². The number of rotatable bonds is 4. The molecule has 0 saturated heterocycles. The molecule has 0 unspecified atom stereocenters. The van der Waals surface area contributed by atoms with Crippen LogP contribution in [-0.2, 0) is 11.3 Å². The van der Waals surface area contributed by atoms with E-state index in [9.17, 15) is 4.79 Å². The minimum Gasteiger partial charge on any atom is -0.392 e. The standard InChI is InChI=1S/C12H18N4OS/c1-16(8-9-6-14-15-7-9)11(17)12(10(13)18)4-2-3-5-12/h6-7H,2-5,8H2,1H3,(H2,13,18)(H,14,15). The zero-order valence-corrected chi connectivity index (χ0v) is 11.3. The lowest BCUT2D eigenvalue weighted by Gasteiger charge is -2.31. The number of nitrogens with two attached hydrogens (primary N) is 1. The summed E-state index contributed by atoms with van der Waals surface area (Å²) in [7, 11) is 1.79. The van der Waals surface area contributed by atoms with E-state index in [-0.39, 0.29) is 5.91 Å². The maximum atomic E-state index is 12.6. The molecule has 5 nitrogen and oxygen atoms in total. The highest BCUT2D eigenvalue weighted by molar-refractivity contribution is 7.80. The molecular weight excluding hydrogens is 248 g/mol. The normalized spacial score (nSPS) is 17.6. The maximum Gasteiger partial charge on any atom is 0.235 e. The Morgan fingerprint density at radius 3 is 2.78 bits per heavy atom. The van der Waals surface area contributed by atoms with E-state index in [2.05, 4.69) is 10.2 Å². The van der Waals surface area contributed by atoms with Crippen molar-refractivity contribution in [1.29, 1.82) is 0 Å². The SMILES string of the molecule is CN(Cc1cn[nH]c1)C(=O)C1(C(N)=S)CCCC1. The Morgan fingerprint density at radius 1 is 1.61 bits per heavy atom. The molecule has 18 heavy (non-hydrogen) atoms. The molecular formula is C12H18N4OS. The molecule has 1 fully saturated rings. The minimum absolute atomic E-state index is 0.0358. The van der Waals surface area contributed by atoms with E-state index >= 15 is 0 Å². The molecule has 6 heteroatoms. The zero-order chi connectivity index (χ0) is 13.2. The Kier molecular flexibility index (Phi) is 3.65. The summed E-state index contributed by atoms with van der Waals surface area (Å²) in [6.07, 6.45) is 7.08. The lowest BCUT2D eigenvalue weighted by Crippen LogP contribution is -2.47. The summed E-state index contributed by atoms with van der Waals surface area (Å²) in [4.78, 5) is 14.6. The smallest absolute Gasteiger partial charge is 0.235 e. The molecule has 0 spiro atoms. The third kappa shape index (κ3) is 2.25. The molecule has 1 amide bonds. The second kappa shape index (κ2) is 5.06. The lowest BCUT2D eigenvalue weighted by atomic mass is 9.84. The highest BCUT2D eigenvalue weighted by Gasteiger charge is 2.45. The first-order chi connectivity index (χ1) is 8.56.